The second kappa shape index (κ2) is 8.67. The number of rotatable bonds is 5. The van der Waals surface area contributed by atoms with Crippen molar-refractivity contribution in [3.63, 3.8) is 0 Å². The van der Waals surface area contributed by atoms with Crippen molar-refractivity contribution in [1.29, 1.82) is 0 Å². The molecule has 1 saturated carbocycles. The maximum Gasteiger partial charge on any atom is 0.350 e. The van der Waals surface area contributed by atoms with Gasteiger partial charge in [-0.05, 0) is 50.7 Å². The Hall–Kier alpha value is -3.40. The Morgan fingerprint density at radius 2 is 1.83 bits per heavy atom. The number of anilines is 2. The van der Waals surface area contributed by atoms with Crippen LogP contribution in [-0.4, -0.2) is 67.7 Å². The van der Waals surface area contributed by atoms with Crippen molar-refractivity contribution in [1.82, 2.24) is 25.2 Å². The normalized spacial score (nSPS) is 25.5. The number of likely N-dealkylation sites (tertiary alicyclic amines) is 1. The number of aliphatic imine (C=N–C) groups is 1. The molecule has 3 unspecified atom stereocenters. The van der Waals surface area contributed by atoms with E-state index in [0.717, 1.165) is 51.6 Å². The molecule has 1 amide bonds. The van der Waals surface area contributed by atoms with Crippen molar-refractivity contribution in [2.75, 3.05) is 18.4 Å². The molecule has 2 saturated heterocycles. The van der Waals surface area contributed by atoms with E-state index in [-0.39, 0.29) is 23.5 Å². The number of carboxylic acids is 1. The summed E-state index contributed by atoms with van der Waals surface area (Å²) >= 11 is 0. The molecule has 1 aliphatic carbocycles. The van der Waals surface area contributed by atoms with Gasteiger partial charge in [0.25, 0.3) is 5.91 Å². The van der Waals surface area contributed by atoms with Gasteiger partial charge < -0.3 is 20.6 Å². The molecule has 0 spiro atoms. The molecule has 10 heteroatoms. The van der Waals surface area contributed by atoms with E-state index in [1.165, 1.54) is 0 Å². The first-order chi connectivity index (χ1) is 17.0. The third kappa shape index (κ3) is 4.05. The van der Waals surface area contributed by atoms with E-state index in [1.807, 2.05) is 11.8 Å². The molecule has 10 nitrogen and oxygen atoms in total. The molecule has 3 atom stereocenters. The minimum Gasteiger partial charge on any atom is -0.477 e. The summed E-state index contributed by atoms with van der Waals surface area (Å²) in [4.78, 5) is 44.9. The lowest BCUT2D eigenvalue weighted by Crippen LogP contribution is -2.53. The number of amides is 1. The third-order valence-electron chi connectivity index (χ3n) is 7.78. The number of carboxylic acid groups (broad SMARTS) is 1. The molecule has 3 aliphatic heterocycles. The molecule has 0 radical (unpaired) electrons. The van der Waals surface area contributed by atoms with E-state index in [2.05, 4.69) is 30.6 Å². The zero-order valence-electron chi connectivity index (χ0n) is 19.7. The van der Waals surface area contributed by atoms with Gasteiger partial charge in [-0.25, -0.2) is 24.7 Å². The van der Waals surface area contributed by atoms with Gasteiger partial charge in [0.05, 0.1) is 29.1 Å². The highest BCUT2D eigenvalue weighted by Gasteiger charge is 2.40. The van der Waals surface area contributed by atoms with Crippen LogP contribution in [0.15, 0.2) is 23.3 Å². The Kier molecular flexibility index (Phi) is 5.47. The number of fused-ring (bicyclic) bond motifs is 3. The molecule has 3 fully saturated rings. The van der Waals surface area contributed by atoms with E-state index >= 15 is 0 Å². The van der Waals surface area contributed by atoms with Crippen LogP contribution in [0, 0.1) is 12.8 Å². The summed E-state index contributed by atoms with van der Waals surface area (Å²) in [5.74, 6) is -0.166. The van der Waals surface area contributed by atoms with Crippen LogP contribution in [0.3, 0.4) is 0 Å². The van der Waals surface area contributed by atoms with Gasteiger partial charge in [-0.15, -0.1) is 0 Å². The molecule has 2 aromatic rings. The highest BCUT2D eigenvalue weighted by molar-refractivity contribution is 6.39. The Balaban J connectivity index is 1.21. The zero-order chi connectivity index (χ0) is 24.1. The predicted molar refractivity (Wildman–Crippen MR) is 130 cm³/mol. The number of nitrogens with zero attached hydrogens (tertiary/aromatic N) is 5. The van der Waals surface area contributed by atoms with E-state index in [1.54, 1.807) is 18.3 Å². The van der Waals surface area contributed by atoms with Crippen LogP contribution in [0.25, 0.3) is 0 Å². The number of aromatic nitrogens is 3. The number of nitrogens with one attached hydrogen (secondary N) is 2. The van der Waals surface area contributed by atoms with E-state index in [0.29, 0.717) is 46.5 Å². The number of carbonyl (C=O) groups excluding carboxylic acids is 1. The number of hydrogen-bond acceptors (Lipinski definition) is 8. The van der Waals surface area contributed by atoms with Crippen molar-refractivity contribution in [3.05, 3.63) is 35.3 Å². The summed E-state index contributed by atoms with van der Waals surface area (Å²) in [6.45, 7) is 3.31. The molecule has 3 N–H and O–H groups in total. The quantitative estimate of drug-likeness (QED) is 0.601. The van der Waals surface area contributed by atoms with E-state index in [9.17, 15) is 14.7 Å². The average Bonchev–Trinajstić information content (AvgIpc) is 3.57. The topological polar surface area (TPSA) is 133 Å². The van der Waals surface area contributed by atoms with Crippen molar-refractivity contribution in [2.45, 2.75) is 63.5 Å². The first-order valence-corrected chi connectivity index (χ1v) is 12.4. The fourth-order valence-electron chi connectivity index (χ4n) is 6.12. The molecular weight excluding hydrogens is 446 g/mol. The van der Waals surface area contributed by atoms with Crippen molar-refractivity contribution in [3.8, 4) is 0 Å². The summed E-state index contributed by atoms with van der Waals surface area (Å²) < 4.78 is 0. The van der Waals surface area contributed by atoms with Crippen LogP contribution in [0.2, 0.25) is 0 Å². The third-order valence-corrected chi connectivity index (χ3v) is 7.78. The Morgan fingerprint density at radius 1 is 1.09 bits per heavy atom. The Bertz CT molecular complexity index is 1210. The van der Waals surface area contributed by atoms with Gasteiger partial charge >= 0.3 is 5.97 Å². The predicted octanol–water partition coefficient (Wildman–Crippen LogP) is 2.94. The van der Waals surface area contributed by atoms with Gasteiger partial charge in [-0.3, -0.25) is 4.79 Å². The second-order valence-electron chi connectivity index (χ2n) is 10.1. The standard InChI is InChI=1S/C25H29N7O3/c1-13-17(23(33)32-11-15-6-7-16(12-32)28-15)8-9-19(27-13)30-25-26-10-18-21(31-25)20(14-4-2-3-5-14)22(29-18)24(34)35/h8-10,14-16,20,28H,2-7,11-12H2,1H3,(H,34,35)(H,26,27,30,31). The van der Waals surface area contributed by atoms with Crippen molar-refractivity contribution < 1.29 is 14.7 Å². The lowest BCUT2D eigenvalue weighted by molar-refractivity contribution is -0.129. The Morgan fingerprint density at radius 3 is 2.51 bits per heavy atom. The number of hydrogen-bond donors (Lipinski definition) is 3. The van der Waals surface area contributed by atoms with Gasteiger partial charge in [0, 0.05) is 25.2 Å². The average molecular weight is 476 g/mol. The molecule has 6 rings (SSSR count). The van der Waals surface area contributed by atoms with Gasteiger partial charge in [-0.1, -0.05) is 12.8 Å². The summed E-state index contributed by atoms with van der Waals surface area (Å²) in [5, 5.41) is 16.4. The van der Waals surface area contributed by atoms with Crippen LogP contribution < -0.4 is 10.6 Å². The van der Waals surface area contributed by atoms with E-state index in [4.69, 9.17) is 0 Å². The fourth-order valence-corrected chi connectivity index (χ4v) is 6.12. The maximum absolute atomic E-state index is 13.1. The fraction of sp³-hybridized carbons (Fsp3) is 0.520. The summed E-state index contributed by atoms with van der Waals surface area (Å²) in [6, 6.07) is 4.35. The van der Waals surface area contributed by atoms with Gasteiger partial charge in [-0.2, -0.15) is 0 Å². The Labute approximate surface area is 203 Å². The first-order valence-electron chi connectivity index (χ1n) is 12.4. The second-order valence-corrected chi connectivity index (χ2v) is 10.1. The van der Waals surface area contributed by atoms with Crippen LogP contribution in [-0.2, 0) is 4.79 Å². The molecule has 5 heterocycles. The minimum atomic E-state index is -0.996. The molecule has 4 aliphatic rings. The number of aliphatic carboxylic acids is 1. The molecule has 0 aromatic carbocycles. The maximum atomic E-state index is 13.1. The number of piperazine rings is 1. The molecule has 35 heavy (non-hydrogen) atoms. The van der Waals surface area contributed by atoms with Crippen LogP contribution in [0.5, 0.6) is 0 Å². The summed E-state index contributed by atoms with van der Waals surface area (Å²) in [6.07, 6.45) is 7.98. The lowest BCUT2D eigenvalue weighted by Gasteiger charge is -2.33. The van der Waals surface area contributed by atoms with Gasteiger partial charge in [0.2, 0.25) is 5.95 Å². The van der Waals surface area contributed by atoms with Crippen LogP contribution in [0.4, 0.5) is 17.5 Å². The number of aryl methyl sites for hydroxylation is 1. The monoisotopic (exact) mass is 475 g/mol. The SMILES string of the molecule is Cc1nc(Nc2ncc3c(n2)C(C2CCCC2)C(C(=O)O)=N3)ccc1C(=O)N1CC2CCC(C1)N2. The van der Waals surface area contributed by atoms with Gasteiger partial charge in [0.1, 0.15) is 17.2 Å². The van der Waals surface area contributed by atoms with E-state index < -0.39 is 5.97 Å². The lowest BCUT2D eigenvalue weighted by atomic mass is 9.85. The number of pyridine rings is 1. The number of carbonyl (C=O) groups is 2. The molecule has 2 bridgehead atoms. The largest absolute Gasteiger partial charge is 0.477 e. The zero-order valence-corrected chi connectivity index (χ0v) is 19.7. The molecule has 182 valence electrons. The van der Waals surface area contributed by atoms with Crippen molar-refractivity contribution in [2.24, 2.45) is 10.9 Å². The van der Waals surface area contributed by atoms with Crippen molar-refractivity contribution >= 4 is 35.0 Å². The first kappa shape index (κ1) is 22.1. The minimum absolute atomic E-state index is 0.0199. The molecular formula is C25H29N7O3. The van der Waals surface area contributed by atoms with Crippen LogP contribution >= 0.6 is 0 Å². The highest BCUT2D eigenvalue weighted by Crippen LogP contribution is 2.45. The van der Waals surface area contributed by atoms with Gasteiger partial charge in [0.15, 0.2) is 0 Å². The highest BCUT2D eigenvalue weighted by atomic mass is 16.4. The molecule has 2 aromatic heterocycles. The summed E-state index contributed by atoms with van der Waals surface area (Å²) in [5.41, 5.74) is 2.61. The summed E-state index contributed by atoms with van der Waals surface area (Å²) in [7, 11) is 0. The smallest absolute Gasteiger partial charge is 0.350 e. The van der Waals surface area contributed by atoms with Crippen LogP contribution in [0.1, 0.15) is 66.2 Å².